The molecule has 5 nitrogen and oxygen atoms in total. The Hall–Kier alpha value is -1.54. The first kappa shape index (κ1) is 19.2. The van der Waals surface area contributed by atoms with Crippen molar-refractivity contribution in [3.63, 3.8) is 0 Å². The first-order valence-electron chi connectivity index (χ1n) is 8.50. The molecule has 8 heteroatoms. The van der Waals surface area contributed by atoms with E-state index in [2.05, 4.69) is 20.7 Å². The Morgan fingerprint density at radius 3 is 2.69 bits per heavy atom. The summed E-state index contributed by atoms with van der Waals surface area (Å²) in [5, 5.41) is -0.198. The lowest BCUT2D eigenvalue weighted by Crippen LogP contribution is -2.38. The van der Waals surface area contributed by atoms with Gasteiger partial charge in [-0.15, -0.1) is 0 Å². The van der Waals surface area contributed by atoms with Gasteiger partial charge in [-0.2, -0.15) is 0 Å². The van der Waals surface area contributed by atoms with Gasteiger partial charge in [0.2, 0.25) is 10.0 Å². The minimum atomic E-state index is -3.68. The van der Waals surface area contributed by atoms with Crippen LogP contribution in [0.4, 0.5) is 4.39 Å². The van der Waals surface area contributed by atoms with Crippen LogP contribution < -0.4 is 4.72 Å². The molecule has 0 atom stereocenters. The monoisotopic (exact) mass is 397 g/mol. The van der Waals surface area contributed by atoms with Crippen LogP contribution in [-0.2, 0) is 16.6 Å². The smallest absolute Gasteiger partial charge is 0.240 e. The van der Waals surface area contributed by atoms with Crippen molar-refractivity contribution in [2.24, 2.45) is 5.92 Å². The molecule has 2 aromatic rings. The standard InChI is InChI=1S/C18H21ClFN3O2S/c19-17-10-16(3-4-18(17)20)26(24,25)22-12-14-5-8-23(9-6-14)13-15-2-1-7-21-11-15/h1-4,7,10-11,14,22H,5-6,8-9,12-13H2. The molecule has 1 fully saturated rings. The highest BCUT2D eigenvalue weighted by Crippen LogP contribution is 2.21. The lowest BCUT2D eigenvalue weighted by molar-refractivity contribution is 0.178. The number of aromatic nitrogens is 1. The van der Waals surface area contributed by atoms with Crippen molar-refractivity contribution in [2.75, 3.05) is 19.6 Å². The summed E-state index contributed by atoms with van der Waals surface area (Å²) < 4.78 is 40.5. The highest BCUT2D eigenvalue weighted by atomic mass is 35.5. The fourth-order valence-corrected chi connectivity index (χ4v) is 4.44. The average Bonchev–Trinajstić information content (AvgIpc) is 2.64. The lowest BCUT2D eigenvalue weighted by atomic mass is 9.97. The van der Waals surface area contributed by atoms with Crippen LogP contribution in [0, 0.1) is 11.7 Å². The van der Waals surface area contributed by atoms with Crippen molar-refractivity contribution >= 4 is 21.6 Å². The molecule has 0 bridgehead atoms. The van der Waals surface area contributed by atoms with Gasteiger partial charge in [-0.25, -0.2) is 17.5 Å². The van der Waals surface area contributed by atoms with Gasteiger partial charge in [0, 0.05) is 25.5 Å². The summed E-state index contributed by atoms with van der Waals surface area (Å²) in [6.07, 6.45) is 5.48. The number of hydrogen-bond acceptors (Lipinski definition) is 4. The number of benzene rings is 1. The Bertz CT molecular complexity index is 841. The van der Waals surface area contributed by atoms with Gasteiger partial charge in [0.15, 0.2) is 0 Å². The van der Waals surface area contributed by atoms with E-state index in [4.69, 9.17) is 11.6 Å². The van der Waals surface area contributed by atoms with Crippen LogP contribution in [0.3, 0.4) is 0 Å². The third kappa shape index (κ3) is 5.01. The quantitative estimate of drug-likeness (QED) is 0.813. The zero-order valence-electron chi connectivity index (χ0n) is 14.2. The minimum absolute atomic E-state index is 0.0158. The normalized spacial score (nSPS) is 16.7. The lowest BCUT2D eigenvalue weighted by Gasteiger charge is -2.31. The number of nitrogens with zero attached hydrogens (tertiary/aromatic N) is 2. The fraction of sp³-hybridized carbons (Fsp3) is 0.389. The number of nitrogens with one attached hydrogen (secondary N) is 1. The molecule has 0 unspecified atom stereocenters. The molecule has 0 amide bonds. The zero-order valence-corrected chi connectivity index (χ0v) is 15.8. The Morgan fingerprint density at radius 1 is 1.27 bits per heavy atom. The van der Waals surface area contributed by atoms with Gasteiger partial charge < -0.3 is 0 Å². The van der Waals surface area contributed by atoms with Gasteiger partial charge in [0.05, 0.1) is 9.92 Å². The van der Waals surface area contributed by atoms with E-state index in [1.807, 2.05) is 12.3 Å². The van der Waals surface area contributed by atoms with Crippen LogP contribution >= 0.6 is 11.6 Å². The largest absolute Gasteiger partial charge is 0.299 e. The summed E-state index contributed by atoms with van der Waals surface area (Å²) >= 11 is 5.67. The number of hydrogen-bond donors (Lipinski definition) is 1. The van der Waals surface area contributed by atoms with Crippen LogP contribution in [-0.4, -0.2) is 37.9 Å². The summed E-state index contributed by atoms with van der Waals surface area (Å²) in [6.45, 7) is 3.08. The number of pyridine rings is 1. The number of sulfonamides is 1. The summed E-state index contributed by atoms with van der Waals surface area (Å²) in [5.74, 6) is -0.350. The van der Waals surface area contributed by atoms with E-state index in [1.165, 1.54) is 11.6 Å². The average molecular weight is 398 g/mol. The fourth-order valence-electron chi connectivity index (χ4n) is 3.05. The highest BCUT2D eigenvalue weighted by molar-refractivity contribution is 7.89. The second-order valence-electron chi connectivity index (χ2n) is 6.51. The molecule has 1 aliphatic heterocycles. The molecule has 1 aromatic carbocycles. The van der Waals surface area contributed by atoms with Crippen molar-refractivity contribution in [1.29, 1.82) is 0 Å². The second-order valence-corrected chi connectivity index (χ2v) is 8.68. The first-order valence-corrected chi connectivity index (χ1v) is 10.4. The molecule has 26 heavy (non-hydrogen) atoms. The van der Waals surface area contributed by atoms with E-state index in [1.54, 1.807) is 6.20 Å². The molecule has 1 saturated heterocycles. The molecule has 1 aliphatic rings. The molecule has 2 heterocycles. The molecular formula is C18H21ClFN3O2S. The SMILES string of the molecule is O=S(=O)(NCC1CCN(Cc2cccnc2)CC1)c1ccc(F)c(Cl)c1. The van der Waals surface area contributed by atoms with Crippen molar-refractivity contribution in [1.82, 2.24) is 14.6 Å². The van der Waals surface area contributed by atoms with Crippen molar-refractivity contribution in [3.8, 4) is 0 Å². The summed E-state index contributed by atoms with van der Waals surface area (Å²) in [6, 6.07) is 7.41. The second kappa shape index (κ2) is 8.43. The molecular weight excluding hydrogens is 377 g/mol. The van der Waals surface area contributed by atoms with Crippen LogP contribution in [0.15, 0.2) is 47.6 Å². The molecule has 140 valence electrons. The first-order chi connectivity index (χ1) is 12.4. The molecule has 3 rings (SSSR count). The number of halogens is 2. The maximum atomic E-state index is 13.2. The van der Waals surface area contributed by atoms with E-state index in [9.17, 15) is 12.8 Å². The van der Waals surface area contributed by atoms with Crippen LogP contribution in [0.25, 0.3) is 0 Å². The zero-order chi connectivity index (χ0) is 18.6. The Labute approximate surface area is 158 Å². The van der Waals surface area contributed by atoms with Crippen LogP contribution in [0.2, 0.25) is 5.02 Å². The summed E-state index contributed by atoms with van der Waals surface area (Å²) in [5.41, 5.74) is 1.18. The summed E-state index contributed by atoms with van der Waals surface area (Å²) in [4.78, 5) is 6.46. The Morgan fingerprint density at radius 2 is 2.04 bits per heavy atom. The number of piperidine rings is 1. The molecule has 1 N–H and O–H groups in total. The van der Waals surface area contributed by atoms with E-state index in [0.717, 1.165) is 44.6 Å². The van der Waals surface area contributed by atoms with Gasteiger partial charge in [-0.05, 0) is 61.7 Å². The van der Waals surface area contributed by atoms with E-state index < -0.39 is 15.8 Å². The van der Waals surface area contributed by atoms with E-state index >= 15 is 0 Å². The van der Waals surface area contributed by atoms with Crippen molar-refractivity contribution < 1.29 is 12.8 Å². The predicted molar refractivity (Wildman–Crippen MR) is 98.8 cm³/mol. The molecule has 1 aromatic heterocycles. The molecule has 0 aliphatic carbocycles. The molecule has 0 saturated carbocycles. The third-order valence-electron chi connectivity index (χ3n) is 4.60. The number of likely N-dealkylation sites (tertiary alicyclic amines) is 1. The van der Waals surface area contributed by atoms with Gasteiger partial charge >= 0.3 is 0 Å². The predicted octanol–water partition coefficient (Wildman–Crippen LogP) is 3.06. The van der Waals surface area contributed by atoms with Gasteiger partial charge in [-0.3, -0.25) is 9.88 Å². The van der Waals surface area contributed by atoms with E-state index in [0.29, 0.717) is 6.54 Å². The van der Waals surface area contributed by atoms with Gasteiger partial charge in [-0.1, -0.05) is 17.7 Å². The summed E-state index contributed by atoms with van der Waals surface area (Å²) in [7, 11) is -3.68. The van der Waals surface area contributed by atoms with Crippen LogP contribution in [0.5, 0.6) is 0 Å². The third-order valence-corrected chi connectivity index (χ3v) is 6.31. The van der Waals surface area contributed by atoms with E-state index in [-0.39, 0.29) is 15.8 Å². The maximum Gasteiger partial charge on any atom is 0.240 e. The topological polar surface area (TPSA) is 62.3 Å². The minimum Gasteiger partial charge on any atom is -0.299 e. The molecule has 0 radical (unpaired) electrons. The van der Waals surface area contributed by atoms with Crippen LogP contribution in [0.1, 0.15) is 18.4 Å². The maximum absolute atomic E-state index is 13.2. The van der Waals surface area contributed by atoms with Gasteiger partial charge in [0.1, 0.15) is 5.82 Å². The molecule has 0 spiro atoms. The Kier molecular flexibility index (Phi) is 6.24. The Balaban J connectivity index is 1.49. The highest BCUT2D eigenvalue weighted by Gasteiger charge is 2.22. The number of rotatable bonds is 6. The van der Waals surface area contributed by atoms with Gasteiger partial charge in [0.25, 0.3) is 0 Å². The van der Waals surface area contributed by atoms with Crippen molar-refractivity contribution in [2.45, 2.75) is 24.3 Å². The van der Waals surface area contributed by atoms with Crippen molar-refractivity contribution in [3.05, 3.63) is 59.1 Å².